The zero-order valence-corrected chi connectivity index (χ0v) is 10.6. The Bertz CT molecular complexity index is 338. The zero-order chi connectivity index (χ0) is 13.4. The molecule has 6 heteroatoms. The lowest BCUT2D eigenvalue weighted by Gasteiger charge is -2.33. The maximum atomic E-state index is 11.8. The molecule has 18 heavy (non-hydrogen) atoms. The first-order valence-electron chi connectivity index (χ1n) is 6.23. The highest BCUT2D eigenvalue weighted by Crippen LogP contribution is 2.17. The minimum absolute atomic E-state index is 0.00323. The number of hydrogen-bond acceptors (Lipinski definition) is 5. The van der Waals surface area contributed by atoms with Gasteiger partial charge in [-0.15, -0.1) is 0 Å². The molecule has 1 atom stereocenters. The van der Waals surface area contributed by atoms with Crippen molar-refractivity contribution >= 4 is 11.9 Å². The van der Waals surface area contributed by atoms with Crippen molar-refractivity contribution in [3.05, 3.63) is 0 Å². The maximum Gasteiger partial charge on any atom is 0.323 e. The molecule has 1 N–H and O–H groups in total. The van der Waals surface area contributed by atoms with Gasteiger partial charge in [0, 0.05) is 0 Å². The summed E-state index contributed by atoms with van der Waals surface area (Å²) in [5, 5.41) is 10.9. The third-order valence-corrected chi connectivity index (χ3v) is 2.88. The number of hydrogen-bond donors (Lipinski definition) is 1. The predicted molar refractivity (Wildman–Crippen MR) is 64.5 cm³/mol. The molecule has 1 saturated heterocycles. The molecule has 1 aliphatic heterocycles. The number of nitrogens with one attached hydrogen (secondary N) is 1. The van der Waals surface area contributed by atoms with Crippen molar-refractivity contribution in [2.24, 2.45) is 0 Å². The van der Waals surface area contributed by atoms with E-state index in [1.165, 1.54) is 0 Å². The molecule has 1 heterocycles. The molecule has 1 fully saturated rings. The van der Waals surface area contributed by atoms with E-state index >= 15 is 0 Å². The number of rotatable bonds is 5. The van der Waals surface area contributed by atoms with Gasteiger partial charge in [0.15, 0.2) is 0 Å². The van der Waals surface area contributed by atoms with E-state index < -0.39 is 0 Å². The van der Waals surface area contributed by atoms with E-state index in [1.807, 2.05) is 11.0 Å². The number of nitrogens with zero attached hydrogens (tertiary/aromatic N) is 2. The zero-order valence-electron chi connectivity index (χ0n) is 10.6. The van der Waals surface area contributed by atoms with Gasteiger partial charge in [-0.1, -0.05) is 6.42 Å². The van der Waals surface area contributed by atoms with Crippen molar-refractivity contribution in [1.82, 2.24) is 10.2 Å². The number of likely N-dealkylation sites (tertiary alicyclic amines) is 1. The summed E-state index contributed by atoms with van der Waals surface area (Å²) in [6.07, 6.45) is 2.67. The lowest BCUT2D eigenvalue weighted by molar-refractivity contribution is -0.151. The van der Waals surface area contributed by atoms with Gasteiger partial charge in [0.05, 0.1) is 19.2 Å². The molecule has 0 radical (unpaired) electrons. The summed E-state index contributed by atoms with van der Waals surface area (Å²) < 4.78 is 5.01. The average molecular weight is 253 g/mol. The first-order valence-corrected chi connectivity index (χ1v) is 6.23. The number of esters is 1. The fraction of sp³-hybridized carbons (Fsp3) is 0.750. The van der Waals surface area contributed by atoms with Crippen molar-refractivity contribution < 1.29 is 14.3 Å². The van der Waals surface area contributed by atoms with Crippen LogP contribution in [0.5, 0.6) is 0 Å². The molecular formula is C12H19N3O3. The molecule has 0 bridgehead atoms. The average Bonchev–Trinajstić information content (AvgIpc) is 2.37. The van der Waals surface area contributed by atoms with E-state index in [4.69, 9.17) is 10.00 Å². The van der Waals surface area contributed by atoms with E-state index in [9.17, 15) is 9.59 Å². The first kappa shape index (κ1) is 14.5. The fourth-order valence-electron chi connectivity index (χ4n) is 2.06. The summed E-state index contributed by atoms with van der Waals surface area (Å²) in [7, 11) is 0. The van der Waals surface area contributed by atoms with Crippen LogP contribution in [0.15, 0.2) is 0 Å². The maximum absolute atomic E-state index is 11.8. The summed E-state index contributed by atoms with van der Waals surface area (Å²) in [6, 6.07) is 1.52. The Morgan fingerprint density at radius 2 is 2.28 bits per heavy atom. The summed E-state index contributed by atoms with van der Waals surface area (Å²) in [6.45, 7) is 2.97. The summed E-state index contributed by atoms with van der Waals surface area (Å²) in [5.41, 5.74) is 0. The van der Waals surface area contributed by atoms with Crippen molar-refractivity contribution in [3.63, 3.8) is 0 Å². The molecular weight excluding hydrogens is 234 g/mol. The molecule has 1 aliphatic rings. The minimum Gasteiger partial charge on any atom is -0.465 e. The van der Waals surface area contributed by atoms with Gasteiger partial charge >= 0.3 is 5.97 Å². The van der Waals surface area contributed by atoms with Crippen molar-refractivity contribution in [2.45, 2.75) is 32.2 Å². The van der Waals surface area contributed by atoms with Gasteiger partial charge in [-0.2, -0.15) is 5.26 Å². The third kappa shape index (κ3) is 4.34. The standard InChI is InChI=1S/C12H19N3O3/c1-2-18-12(17)10-5-3-4-8-15(10)9-11(16)14-7-6-13/h10H,2-5,7-9H2,1H3,(H,14,16). The second-order valence-corrected chi connectivity index (χ2v) is 4.17. The summed E-state index contributed by atoms with van der Waals surface area (Å²) in [4.78, 5) is 25.1. The van der Waals surface area contributed by atoms with Gasteiger partial charge in [-0.3, -0.25) is 14.5 Å². The second kappa shape index (κ2) is 7.67. The molecule has 6 nitrogen and oxygen atoms in total. The van der Waals surface area contributed by atoms with Gasteiger partial charge in [0.25, 0.3) is 0 Å². The second-order valence-electron chi connectivity index (χ2n) is 4.17. The number of amides is 1. The molecule has 100 valence electrons. The highest BCUT2D eigenvalue weighted by atomic mass is 16.5. The van der Waals surface area contributed by atoms with Crippen LogP contribution in [0.2, 0.25) is 0 Å². The summed E-state index contributed by atoms with van der Waals surface area (Å²) >= 11 is 0. The largest absolute Gasteiger partial charge is 0.465 e. The Kier molecular flexibility index (Phi) is 6.15. The topological polar surface area (TPSA) is 82.4 Å². The van der Waals surface area contributed by atoms with Crippen LogP contribution in [0.4, 0.5) is 0 Å². The number of piperidine rings is 1. The van der Waals surface area contributed by atoms with Crippen LogP contribution in [0.1, 0.15) is 26.2 Å². The summed E-state index contributed by atoms with van der Waals surface area (Å²) in [5.74, 6) is -0.488. The Morgan fingerprint density at radius 3 is 2.94 bits per heavy atom. The van der Waals surface area contributed by atoms with E-state index in [0.29, 0.717) is 13.2 Å². The van der Waals surface area contributed by atoms with Crippen LogP contribution in [-0.2, 0) is 14.3 Å². The number of nitriles is 1. The van der Waals surface area contributed by atoms with Gasteiger partial charge in [-0.05, 0) is 26.3 Å². The minimum atomic E-state index is -0.327. The molecule has 1 rings (SSSR count). The lowest BCUT2D eigenvalue weighted by atomic mass is 10.0. The van der Waals surface area contributed by atoms with Gasteiger partial charge in [-0.25, -0.2) is 0 Å². The van der Waals surface area contributed by atoms with Crippen molar-refractivity contribution in [3.8, 4) is 6.07 Å². The predicted octanol–water partition coefficient (Wildman–Crippen LogP) is 0.0438. The van der Waals surface area contributed by atoms with Crippen LogP contribution in [0.25, 0.3) is 0 Å². The van der Waals surface area contributed by atoms with Crippen molar-refractivity contribution in [2.75, 3.05) is 26.2 Å². The molecule has 0 spiro atoms. The highest BCUT2D eigenvalue weighted by Gasteiger charge is 2.30. The van der Waals surface area contributed by atoms with E-state index in [-0.39, 0.29) is 31.0 Å². The molecule has 0 aromatic rings. The number of carbonyl (C=O) groups is 2. The van der Waals surface area contributed by atoms with E-state index in [2.05, 4.69) is 5.32 Å². The fourth-order valence-corrected chi connectivity index (χ4v) is 2.06. The smallest absolute Gasteiger partial charge is 0.323 e. The lowest BCUT2D eigenvalue weighted by Crippen LogP contribution is -2.49. The van der Waals surface area contributed by atoms with Crippen molar-refractivity contribution in [1.29, 1.82) is 5.26 Å². The van der Waals surface area contributed by atoms with Crippen LogP contribution >= 0.6 is 0 Å². The monoisotopic (exact) mass is 253 g/mol. The van der Waals surface area contributed by atoms with Gasteiger partial charge in [0.1, 0.15) is 12.6 Å². The van der Waals surface area contributed by atoms with E-state index in [1.54, 1.807) is 6.92 Å². The van der Waals surface area contributed by atoms with Gasteiger partial charge < -0.3 is 10.1 Å². The Morgan fingerprint density at radius 1 is 1.50 bits per heavy atom. The molecule has 0 aromatic carbocycles. The van der Waals surface area contributed by atoms with Gasteiger partial charge in [0.2, 0.25) is 5.91 Å². The first-order chi connectivity index (χ1) is 8.69. The molecule has 0 aromatic heterocycles. The molecule has 1 amide bonds. The quantitative estimate of drug-likeness (QED) is 0.552. The van der Waals surface area contributed by atoms with E-state index in [0.717, 1.165) is 19.3 Å². The number of carbonyl (C=O) groups excluding carboxylic acids is 2. The molecule has 0 aliphatic carbocycles. The Labute approximate surface area is 107 Å². The van der Waals surface area contributed by atoms with Crippen LogP contribution in [-0.4, -0.2) is 49.1 Å². The third-order valence-electron chi connectivity index (χ3n) is 2.88. The van der Waals surface area contributed by atoms with Crippen LogP contribution in [0.3, 0.4) is 0 Å². The highest BCUT2D eigenvalue weighted by molar-refractivity contribution is 5.80. The Hall–Kier alpha value is -1.61. The normalized spacial score (nSPS) is 19.9. The van der Waals surface area contributed by atoms with Crippen LogP contribution < -0.4 is 5.32 Å². The number of ether oxygens (including phenoxy) is 1. The molecule has 1 unspecified atom stereocenters. The van der Waals surface area contributed by atoms with Crippen LogP contribution in [0, 0.1) is 11.3 Å². The Balaban J connectivity index is 2.51. The molecule has 0 saturated carbocycles. The SMILES string of the molecule is CCOC(=O)C1CCCCN1CC(=O)NCC#N.